The maximum absolute atomic E-state index is 12.5. The highest BCUT2D eigenvalue weighted by Crippen LogP contribution is 2.18. The molecule has 2 aromatic rings. The van der Waals surface area contributed by atoms with E-state index in [1.54, 1.807) is 4.90 Å². The zero-order chi connectivity index (χ0) is 18.0. The number of piperidine rings is 1. The van der Waals surface area contributed by atoms with E-state index < -0.39 is 0 Å². The van der Waals surface area contributed by atoms with Gasteiger partial charge in [0.25, 0.3) is 0 Å². The second-order valence-corrected chi connectivity index (χ2v) is 6.76. The monoisotopic (exact) mass is 340 g/mol. The summed E-state index contributed by atoms with van der Waals surface area (Å²) in [5.74, 6) is -0.484. The molecular formula is C19H24N4O2. The fourth-order valence-electron chi connectivity index (χ4n) is 3.37. The zero-order valence-corrected chi connectivity index (χ0v) is 14.7. The van der Waals surface area contributed by atoms with Gasteiger partial charge >= 0.3 is 0 Å². The molecule has 3 rings (SSSR count). The van der Waals surface area contributed by atoms with E-state index in [0.717, 1.165) is 35.5 Å². The van der Waals surface area contributed by atoms with Crippen LogP contribution in [-0.4, -0.2) is 39.6 Å². The summed E-state index contributed by atoms with van der Waals surface area (Å²) in [7, 11) is 0. The number of nitrogens with zero attached hydrogens (tertiary/aromatic N) is 3. The van der Waals surface area contributed by atoms with E-state index in [9.17, 15) is 9.59 Å². The van der Waals surface area contributed by atoms with Crippen molar-refractivity contribution in [3.63, 3.8) is 0 Å². The average Bonchev–Trinajstić information content (AvgIpc) is 2.94. The molecule has 0 saturated carbocycles. The lowest BCUT2D eigenvalue weighted by molar-refractivity contribution is -0.134. The Morgan fingerprint density at radius 2 is 1.96 bits per heavy atom. The third kappa shape index (κ3) is 3.90. The van der Waals surface area contributed by atoms with Gasteiger partial charge in [-0.25, -0.2) is 4.68 Å². The Kier molecular flexibility index (Phi) is 4.88. The van der Waals surface area contributed by atoms with Crippen molar-refractivity contribution in [2.75, 3.05) is 13.1 Å². The smallest absolute Gasteiger partial charge is 0.227 e. The topological polar surface area (TPSA) is 81.2 Å². The third-order valence-electron chi connectivity index (χ3n) is 4.72. The van der Waals surface area contributed by atoms with Gasteiger partial charge in [0.15, 0.2) is 0 Å². The Morgan fingerprint density at radius 3 is 2.56 bits per heavy atom. The predicted octanol–water partition coefficient (Wildman–Crippen LogP) is 1.76. The fraction of sp³-hybridized carbons (Fsp3) is 0.421. The van der Waals surface area contributed by atoms with Gasteiger partial charge in [-0.3, -0.25) is 9.59 Å². The van der Waals surface area contributed by atoms with Gasteiger partial charge in [-0.2, -0.15) is 5.10 Å². The minimum Gasteiger partial charge on any atom is -0.369 e. The largest absolute Gasteiger partial charge is 0.369 e. The maximum Gasteiger partial charge on any atom is 0.227 e. The standard InChI is InChI=1S/C19H24N4O2/c1-13-10-14(2)23(21-13)17-7-5-15(6-8-17)11-18(24)22-9-3-4-16(12-22)19(20)25/h5-8,10,16H,3-4,9,11-12H2,1-2H3,(H2,20,25)/t16-/m1/s1. The Balaban J connectivity index is 1.66. The molecular weight excluding hydrogens is 316 g/mol. The lowest BCUT2D eigenvalue weighted by atomic mass is 9.97. The summed E-state index contributed by atoms with van der Waals surface area (Å²) < 4.78 is 1.89. The van der Waals surface area contributed by atoms with E-state index in [1.165, 1.54) is 0 Å². The van der Waals surface area contributed by atoms with Gasteiger partial charge in [0.2, 0.25) is 11.8 Å². The second-order valence-electron chi connectivity index (χ2n) is 6.76. The summed E-state index contributed by atoms with van der Waals surface area (Å²) in [5.41, 5.74) is 9.37. The second kappa shape index (κ2) is 7.09. The van der Waals surface area contributed by atoms with Crippen LogP contribution in [0.15, 0.2) is 30.3 Å². The van der Waals surface area contributed by atoms with E-state index >= 15 is 0 Å². The number of aromatic nitrogens is 2. The van der Waals surface area contributed by atoms with Gasteiger partial charge in [0.05, 0.1) is 23.7 Å². The van der Waals surface area contributed by atoms with Gasteiger partial charge in [0.1, 0.15) is 0 Å². The van der Waals surface area contributed by atoms with Crippen molar-refractivity contribution < 1.29 is 9.59 Å². The average molecular weight is 340 g/mol. The molecule has 1 saturated heterocycles. The maximum atomic E-state index is 12.5. The first-order valence-electron chi connectivity index (χ1n) is 8.63. The number of carbonyl (C=O) groups excluding carboxylic acids is 2. The van der Waals surface area contributed by atoms with Gasteiger partial charge in [-0.1, -0.05) is 12.1 Å². The Morgan fingerprint density at radius 1 is 1.24 bits per heavy atom. The van der Waals surface area contributed by atoms with Gasteiger partial charge in [-0.15, -0.1) is 0 Å². The SMILES string of the molecule is Cc1cc(C)n(-c2ccc(CC(=O)N3CCC[C@@H](C(N)=O)C3)cc2)n1. The molecule has 1 aromatic carbocycles. The van der Waals surface area contributed by atoms with Crippen molar-refractivity contribution in [3.8, 4) is 5.69 Å². The van der Waals surface area contributed by atoms with Crippen molar-refractivity contribution in [3.05, 3.63) is 47.3 Å². The van der Waals surface area contributed by atoms with Crippen molar-refractivity contribution in [2.45, 2.75) is 33.1 Å². The molecule has 0 unspecified atom stereocenters. The summed E-state index contributed by atoms with van der Waals surface area (Å²) in [6.45, 7) is 5.13. The quantitative estimate of drug-likeness (QED) is 0.921. The number of rotatable bonds is 4. The van der Waals surface area contributed by atoms with Crippen molar-refractivity contribution in [1.29, 1.82) is 0 Å². The molecule has 2 heterocycles. The van der Waals surface area contributed by atoms with Crippen LogP contribution in [0, 0.1) is 19.8 Å². The van der Waals surface area contributed by atoms with Crippen LogP contribution in [-0.2, 0) is 16.0 Å². The molecule has 0 spiro atoms. The Hall–Kier alpha value is -2.63. The summed E-state index contributed by atoms with van der Waals surface area (Å²) >= 11 is 0. The number of hydrogen-bond donors (Lipinski definition) is 1. The lowest BCUT2D eigenvalue weighted by Crippen LogP contribution is -2.44. The van der Waals surface area contributed by atoms with E-state index in [0.29, 0.717) is 19.5 Å². The fourth-order valence-corrected chi connectivity index (χ4v) is 3.37. The Bertz CT molecular complexity index is 779. The molecule has 0 radical (unpaired) electrons. The normalized spacial score (nSPS) is 17.5. The minimum absolute atomic E-state index is 0.0461. The molecule has 6 nitrogen and oxygen atoms in total. The molecule has 6 heteroatoms. The highest BCUT2D eigenvalue weighted by molar-refractivity contribution is 5.81. The molecule has 25 heavy (non-hydrogen) atoms. The van der Waals surface area contributed by atoms with Crippen molar-refractivity contribution in [2.24, 2.45) is 11.7 Å². The Labute approximate surface area is 147 Å². The number of aryl methyl sites for hydroxylation is 2. The summed E-state index contributed by atoms with van der Waals surface area (Å²) in [5, 5.41) is 4.47. The molecule has 1 aromatic heterocycles. The van der Waals surface area contributed by atoms with Crippen LogP contribution in [0.1, 0.15) is 29.8 Å². The summed E-state index contributed by atoms with van der Waals surface area (Å²) in [6, 6.07) is 9.90. The molecule has 1 aliphatic heterocycles. The van der Waals surface area contributed by atoms with Crippen LogP contribution >= 0.6 is 0 Å². The molecule has 0 aliphatic carbocycles. The first-order valence-corrected chi connectivity index (χ1v) is 8.63. The zero-order valence-electron chi connectivity index (χ0n) is 14.7. The molecule has 2 N–H and O–H groups in total. The predicted molar refractivity (Wildman–Crippen MR) is 95.2 cm³/mol. The highest BCUT2D eigenvalue weighted by atomic mass is 16.2. The van der Waals surface area contributed by atoms with Crippen molar-refractivity contribution in [1.82, 2.24) is 14.7 Å². The number of carbonyl (C=O) groups is 2. The number of benzene rings is 1. The number of nitrogens with two attached hydrogens (primary N) is 1. The van der Waals surface area contributed by atoms with Crippen LogP contribution in [0.5, 0.6) is 0 Å². The molecule has 2 amide bonds. The summed E-state index contributed by atoms with van der Waals surface area (Å²) in [6.07, 6.45) is 1.94. The van der Waals surface area contributed by atoms with Gasteiger partial charge in [-0.05, 0) is 50.5 Å². The number of primary amides is 1. The number of hydrogen-bond acceptors (Lipinski definition) is 3. The van der Waals surface area contributed by atoms with Crippen LogP contribution < -0.4 is 5.73 Å². The van der Waals surface area contributed by atoms with Crippen LogP contribution in [0.3, 0.4) is 0 Å². The van der Waals surface area contributed by atoms with E-state index in [-0.39, 0.29) is 17.7 Å². The van der Waals surface area contributed by atoms with Crippen molar-refractivity contribution >= 4 is 11.8 Å². The van der Waals surface area contributed by atoms with E-state index in [2.05, 4.69) is 5.10 Å². The molecule has 1 atom stereocenters. The van der Waals surface area contributed by atoms with Gasteiger partial charge in [0, 0.05) is 18.8 Å². The highest BCUT2D eigenvalue weighted by Gasteiger charge is 2.26. The van der Waals surface area contributed by atoms with E-state index in [1.807, 2.05) is 48.9 Å². The number of amides is 2. The van der Waals surface area contributed by atoms with Gasteiger partial charge < -0.3 is 10.6 Å². The van der Waals surface area contributed by atoms with Crippen LogP contribution in [0.25, 0.3) is 5.69 Å². The first kappa shape index (κ1) is 17.2. The molecule has 1 aliphatic rings. The van der Waals surface area contributed by atoms with Crippen LogP contribution in [0.4, 0.5) is 0 Å². The van der Waals surface area contributed by atoms with E-state index in [4.69, 9.17) is 5.73 Å². The third-order valence-corrected chi connectivity index (χ3v) is 4.72. The molecule has 132 valence electrons. The minimum atomic E-state index is -0.313. The molecule has 1 fully saturated rings. The van der Waals surface area contributed by atoms with Crippen LogP contribution in [0.2, 0.25) is 0 Å². The number of likely N-dealkylation sites (tertiary alicyclic amines) is 1. The summed E-state index contributed by atoms with van der Waals surface area (Å²) in [4.78, 5) is 25.6. The first-order chi connectivity index (χ1) is 11.9. The lowest BCUT2D eigenvalue weighted by Gasteiger charge is -2.31. The molecule has 0 bridgehead atoms.